The number of aryl methyl sites for hydroxylation is 1. The molecule has 0 spiro atoms. The summed E-state index contributed by atoms with van der Waals surface area (Å²) < 4.78 is 7.43. The summed E-state index contributed by atoms with van der Waals surface area (Å²) in [5, 5.41) is 4.25. The van der Waals surface area contributed by atoms with Crippen LogP contribution in [-0.2, 0) is 11.3 Å². The number of amides is 1. The van der Waals surface area contributed by atoms with E-state index in [1.165, 1.54) is 5.56 Å². The fraction of sp³-hybridized carbons (Fsp3) is 0.167. The van der Waals surface area contributed by atoms with E-state index < -0.39 is 0 Å². The van der Waals surface area contributed by atoms with E-state index in [9.17, 15) is 4.79 Å². The van der Waals surface area contributed by atoms with E-state index in [0.717, 1.165) is 22.3 Å². The summed E-state index contributed by atoms with van der Waals surface area (Å²) in [6.07, 6.45) is 1.67. The number of halogens is 1. The third-order valence-corrected chi connectivity index (χ3v) is 5.31. The van der Waals surface area contributed by atoms with E-state index >= 15 is 0 Å². The van der Waals surface area contributed by atoms with E-state index in [1.54, 1.807) is 37.6 Å². The Kier molecular flexibility index (Phi) is 5.84. The van der Waals surface area contributed by atoms with Gasteiger partial charge in [-0.15, -0.1) is 0 Å². The van der Waals surface area contributed by atoms with Crippen LogP contribution in [0.15, 0.2) is 66.9 Å². The highest BCUT2D eigenvalue weighted by molar-refractivity contribution is 6.34. The molecule has 2 aromatic carbocycles. The molecule has 4 rings (SSSR count). The predicted molar refractivity (Wildman–Crippen MR) is 121 cm³/mol. The fourth-order valence-corrected chi connectivity index (χ4v) is 3.65. The normalized spacial score (nSPS) is 11.0. The third-order valence-electron chi connectivity index (χ3n) is 4.98. The van der Waals surface area contributed by atoms with Crippen LogP contribution in [0.25, 0.3) is 22.3 Å². The topological polar surface area (TPSA) is 56.1 Å². The molecule has 0 saturated carbocycles. The Morgan fingerprint density at radius 2 is 1.90 bits per heavy atom. The van der Waals surface area contributed by atoms with Gasteiger partial charge in [0, 0.05) is 19.0 Å². The molecule has 6 heteroatoms. The molecule has 1 amide bonds. The molecule has 30 heavy (non-hydrogen) atoms. The number of carbonyl (C=O) groups is 1. The zero-order valence-electron chi connectivity index (χ0n) is 16.9. The van der Waals surface area contributed by atoms with Crippen LogP contribution in [0.3, 0.4) is 0 Å². The molecule has 2 aromatic heterocycles. The van der Waals surface area contributed by atoms with Crippen molar-refractivity contribution in [1.82, 2.24) is 9.55 Å². The smallest absolute Gasteiger partial charge is 0.257 e. The summed E-state index contributed by atoms with van der Waals surface area (Å²) in [4.78, 5) is 17.2. The number of methoxy groups -OCH3 is 1. The molecule has 4 aromatic rings. The van der Waals surface area contributed by atoms with E-state index in [0.29, 0.717) is 29.4 Å². The van der Waals surface area contributed by atoms with Gasteiger partial charge in [-0.25, -0.2) is 4.98 Å². The minimum absolute atomic E-state index is 0.265. The zero-order chi connectivity index (χ0) is 21.1. The van der Waals surface area contributed by atoms with E-state index in [-0.39, 0.29) is 5.91 Å². The average molecular weight is 420 g/mol. The van der Waals surface area contributed by atoms with Gasteiger partial charge in [0.25, 0.3) is 5.91 Å². The van der Waals surface area contributed by atoms with Crippen molar-refractivity contribution in [3.63, 3.8) is 0 Å². The van der Waals surface area contributed by atoms with E-state index in [4.69, 9.17) is 16.3 Å². The molecule has 0 radical (unpaired) electrons. The molecule has 0 bridgehead atoms. The van der Waals surface area contributed by atoms with Gasteiger partial charge in [-0.1, -0.05) is 53.6 Å². The van der Waals surface area contributed by atoms with Crippen LogP contribution in [0, 0.1) is 6.92 Å². The highest BCUT2D eigenvalue weighted by atomic mass is 35.5. The second kappa shape index (κ2) is 8.69. The van der Waals surface area contributed by atoms with Gasteiger partial charge in [0.2, 0.25) is 0 Å². The first kappa shape index (κ1) is 20.1. The Balaban J connectivity index is 1.71. The molecule has 0 atom stereocenters. The fourth-order valence-electron chi connectivity index (χ4n) is 3.43. The average Bonchev–Trinajstić information content (AvgIpc) is 3.10. The van der Waals surface area contributed by atoms with Gasteiger partial charge in [-0.05, 0) is 36.8 Å². The van der Waals surface area contributed by atoms with Crippen molar-refractivity contribution in [2.45, 2.75) is 13.5 Å². The lowest BCUT2D eigenvalue weighted by atomic mass is 10.1. The minimum atomic E-state index is -0.265. The molecule has 0 aliphatic heterocycles. The van der Waals surface area contributed by atoms with Crippen molar-refractivity contribution in [3.8, 4) is 11.3 Å². The molecule has 0 aliphatic carbocycles. The number of carbonyl (C=O) groups excluding carboxylic acids is 1. The lowest BCUT2D eigenvalue weighted by Crippen LogP contribution is -2.12. The SMILES string of the molecule is COCCn1c(-c2ccc(C)cc2)cc2cc(NC(=O)c3ccccc3Cl)cnc21. The van der Waals surface area contributed by atoms with Gasteiger partial charge in [0.15, 0.2) is 0 Å². The number of hydrogen-bond acceptors (Lipinski definition) is 3. The van der Waals surface area contributed by atoms with E-state index in [2.05, 4.69) is 52.1 Å². The summed E-state index contributed by atoms with van der Waals surface area (Å²) in [5.74, 6) is -0.265. The van der Waals surface area contributed by atoms with Gasteiger partial charge in [0.1, 0.15) is 5.65 Å². The number of anilines is 1. The molecule has 1 N–H and O–H groups in total. The van der Waals surface area contributed by atoms with Gasteiger partial charge in [-0.3, -0.25) is 4.79 Å². The summed E-state index contributed by atoms with van der Waals surface area (Å²) >= 11 is 6.14. The molecule has 152 valence electrons. The van der Waals surface area contributed by atoms with Crippen molar-refractivity contribution in [3.05, 3.63) is 83.0 Å². The maximum Gasteiger partial charge on any atom is 0.257 e. The first-order valence-electron chi connectivity index (χ1n) is 9.68. The molecule has 0 aliphatic rings. The van der Waals surface area contributed by atoms with Gasteiger partial charge in [0.05, 0.1) is 34.8 Å². The standard InChI is InChI=1S/C24H22ClN3O2/c1-16-7-9-17(10-8-16)22-14-18-13-19(15-26-23(18)28(22)11-12-30-2)27-24(29)20-5-3-4-6-21(20)25/h3-10,13-15H,11-12H2,1-2H3,(H,27,29). The Bertz CT molecular complexity index is 1200. The molecule has 5 nitrogen and oxygen atoms in total. The maximum absolute atomic E-state index is 12.6. The Hall–Kier alpha value is -3.15. The second-order valence-electron chi connectivity index (χ2n) is 7.11. The number of nitrogens with one attached hydrogen (secondary N) is 1. The number of hydrogen-bond donors (Lipinski definition) is 1. The number of fused-ring (bicyclic) bond motifs is 1. The quantitative estimate of drug-likeness (QED) is 0.445. The van der Waals surface area contributed by atoms with Crippen molar-refractivity contribution < 1.29 is 9.53 Å². The molecular weight excluding hydrogens is 398 g/mol. The van der Waals surface area contributed by atoms with Gasteiger partial charge >= 0.3 is 0 Å². The van der Waals surface area contributed by atoms with Crippen molar-refractivity contribution in [2.75, 3.05) is 19.0 Å². The Labute approximate surface area is 180 Å². The maximum atomic E-state index is 12.6. The predicted octanol–water partition coefficient (Wildman–Crippen LogP) is 5.56. The van der Waals surface area contributed by atoms with Gasteiger partial charge < -0.3 is 14.6 Å². The molecule has 0 fully saturated rings. The highest BCUT2D eigenvalue weighted by Crippen LogP contribution is 2.29. The van der Waals surface area contributed by atoms with Crippen LogP contribution < -0.4 is 5.32 Å². The monoisotopic (exact) mass is 419 g/mol. The number of benzene rings is 2. The molecule has 2 heterocycles. The largest absolute Gasteiger partial charge is 0.383 e. The first-order valence-corrected chi connectivity index (χ1v) is 10.1. The lowest BCUT2D eigenvalue weighted by molar-refractivity contribution is 0.102. The van der Waals surface area contributed by atoms with E-state index in [1.807, 2.05) is 6.07 Å². The number of rotatable bonds is 6. The van der Waals surface area contributed by atoms with Crippen LogP contribution in [0.2, 0.25) is 5.02 Å². The first-order chi connectivity index (χ1) is 14.6. The van der Waals surface area contributed by atoms with Crippen LogP contribution in [0.4, 0.5) is 5.69 Å². The Morgan fingerprint density at radius 1 is 1.13 bits per heavy atom. The lowest BCUT2D eigenvalue weighted by Gasteiger charge is -2.10. The molecular formula is C24H22ClN3O2. The molecule has 0 saturated heterocycles. The minimum Gasteiger partial charge on any atom is -0.383 e. The number of pyridine rings is 1. The van der Waals surface area contributed by atoms with Crippen molar-refractivity contribution in [1.29, 1.82) is 0 Å². The number of aromatic nitrogens is 2. The van der Waals surface area contributed by atoms with Crippen LogP contribution in [0.5, 0.6) is 0 Å². The van der Waals surface area contributed by atoms with Crippen LogP contribution in [-0.4, -0.2) is 29.2 Å². The Morgan fingerprint density at radius 3 is 2.63 bits per heavy atom. The summed E-state index contributed by atoms with van der Waals surface area (Å²) in [5.41, 5.74) is 5.27. The van der Waals surface area contributed by atoms with Crippen molar-refractivity contribution >= 4 is 34.2 Å². The molecule has 0 unspecified atom stereocenters. The van der Waals surface area contributed by atoms with Crippen LogP contribution >= 0.6 is 11.6 Å². The summed E-state index contributed by atoms with van der Waals surface area (Å²) in [6, 6.07) is 19.4. The second-order valence-corrected chi connectivity index (χ2v) is 7.52. The van der Waals surface area contributed by atoms with Crippen LogP contribution in [0.1, 0.15) is 15.9 Å². The highest BCUT2D eigenvalue weighted by Gasteiger charge is 2.14. The number of nitrogens with zero attached hydrogens (tertiary/aromatic N) is 2. The zero-order valence-corrected chi connectivity index (χ0v) is 17.6. The summed E-state index contributed by atoms with van der Waals surface area (Å²) in [6.45, 7) is 3.33. The number of ether oxygens (including phenoxy) is 1. The summed E-state index contributed by atoms with van der Waals surface area (Å²) in [7, 11) is 1.69. The third kappa shape index (κ3) is 4.08. The van der Waals surface area contributed by atoms with Gasteiger partial charge in [-0.2, -0.15) is 0 Å². The van der Waals surface area contributed by atoms with Crippen molar-refractivity contribution in [2.24, 2.45) is 0 Å².